The van der Waals surface area contributed by atoms with Crippen molar-refractivity contribution < 1.29 is 0 Å². The second-order valence-corrected chi connectivity index (χ2v) is 16.6. The maximum absolute atomic E-state index is 2.47. The third kappa shape index (κ3) is 6.13. The molecule has 10 aromatic rings. The highest BCUT2D eigenvalue weighted by Gasteiger charge is 2.21. The number of para-hydroxylation sites is 4. The van der Waals surface area contributed by atoms with Crippen LogP contribution >= 0.6 is 0 Å². The van der Waals surface area contributed by atoms with Gasteiger partial charge in [-0.15, -0.1) is 0 Å². The number of aromatic nitrogens is 3. The maximum Gasteiger partial charge on any atom is 0.0541 e. The number of nitrogens with zero attached hydrogens (tertiary/aromatic N) is 4. The summed E-state index contributed by atoms with van der Waals surface area (Å²) in [5.41, 5.74) is 17.1. The number of hydrogen-bond donors (Lipinski definition) is 0. The van der Waals surface area contributed by atoms with Gasteiger partial charge in [-0.1, -0.05) is 112 Å². The van der Waals surface area contributed by atoms with E-state index >= 15 is 0 Å². The summed E-state index contributed by atoms with van der Waals surface area (Å²) in [5, 5.41) is 5.16. The minimum Gasteiger partial charge on any atom is -0.313 e. The van der Waals surface area contributed by atoms with E-state index in [0.29, 0.717) is 5.92 Å². The molecule has 0 spiro atoms. The first-order valence-electron chi connectivity index (χ1n) is 21.8. The van der Waals surface area contributed by atoms with E-state index < -0.39 is 0 Å². The highest BCUT2D eigenvalue weighted by atomic mass is 15.1. The number of anilines is 3. The van der Waals surface area contributed by atoms with E-state index in [4.69, 9.17) is 0 Å². The van der Waals surface area contributed by atoms with Crippen molar-refractivity contribution in [2.45, 2.75) is 40.0 Å². The Morgan fingerprint density at radius 3 is 1.48 bits per heavy atom. The molecule has 7 aromatic carbocycles. The Bertz CT molecular complexity index is 3240. The zero-order valence-electron chi connectivity index (χ0n) is 35.0. The molecule has 1 aliphatic carbocycles. The Balaban J connectivity index is 1.04. The van der Waals surface area contributed by atoms with Crippen molar-refractivity contribution in [1.29, 1.82) is 0 Å². The van der Waals surface area contributed by atoms with Crippen LogP contribution in [0.5, 0.6) is 0 Å². The topological polar surface area (TPSA) is 18.0 Å². The Morgan fingerprint density at radius 2 is 0.951 bits per heavy atom. The first-order valence-corrected chi connectivity index (χ1v) is 21.8. The predicted molar refractivity (Wildman–Crippen MR) is 260 cm³/mol. The Hall–Kier alpha value is -7.30. The molecule has 0 aliphatic heterocycles. The van der Waals surface area contributed by atoms with E-state index in [1.807, 2.05) is 0 Å². The van der Waals surface area contributed by atoms with Crippen LogP contribution in [0.25, 0.3) is 72.8 Å². The van der Waals surface area contributed by atoms with Gasteiger partial charge in [-0.05, 0) is 134 Å². The number of rotatable bonds is 9. The molecule has 3 heterocycles. The molecule has 61 heavy (non-hydrogen) atoms. The van der Waals surface area contributed by atoms with Crippen LogP contribution in [-0.2, 0) is 12.8 Å². The average molecular weight is 789 g/mol. The van der Waals surface area contributed by atoms with Crippen LogP contribution in [0.3, 0.4) is 0 Å². The lowest BCUT2D eigenvalue weighted by atomic mass is 10.0. The van der Waals surface area contributed by atoms with Gasteiger partial charge in [-0.3, -0.25) is 0 Å². The van der Waals surface area contributed by atoms with Crippen molar-refractivity contribution >= 4 is 72.8 Å². The standard InChI is InChI=1S/C57H48N4/c1-4-46-47-15-5-10-20-52(47)61(57(46)38-25-39(2)3)45-36-30-42(31-37-45)58(40-26-32-43(33-27-40)59-53-21-11-6-16-48(53)49-17-7-12-22-54(49)59)41-28-34-44(35-29-41)60-55-23-13-8-18-50(55)51-19-9-14-24-56(51)60/h5-13,15-23,25-39H,4,14,24H2,1-3H3. The van der Waals surface area contributed by atoms with Gasteiger partial charge < -0.3 is 18.6 Å². The number of hydrogen-bond acceptors (Lipinski definition) is 1. The van der Waals surface area contributed by atoms with Crippen LogP contribution in [0.15, 0.2) is 182 Å². The molecule has 1 aliphatic rings. The molecule has 0 radical (unpaired) electrons. The molecule has 11 rings (SSSR count). The third-order valence-corrected chi connectivity index (χ3v) is 12.5. The molecule has 0 saturated carbocycles. The molecule has 0 bridgehead atoms. The maximum atomic E-state index is 2.47. The highest BCUT2D eigenvalue weighted by Crippen LogP contribution is 2.40. The second-order valence-electron chi connectivity index (χ2n) is 16.6. The number of aryl methyl sites for hydroxylation is 1. The monoisotopic (exact) mass is 788 g/mol. The van der Waals surface area contributed by atoms with Crippen molar-refractivity contribution in [2.24, 2.45) is 5.92 Å². The average Bonchev–Trinajstić information content (AvgIpc) is 3.95. The fourth-order valence-corrected chi connectivity index (χ4v) is 9.80. The second kappa shape index (κ2) is 15.1. The van der Waals surface area contributed by atoms with Crippen molar-refractivity contribution in [2.75, 3.05) is 4.90 Å². The summed E-state index contributed by atoms with van der Waals surface area (Å²) in [6.07, 6.45) is 12.3. The van der Waals surface area contributed by atoms with Gasteiger partial charge >= 0.3 is 0 Å². The highest BCUT2D eigenvalue weighted by molar-refractivity contribution is 6.09. The van der Waals surface area contributed by atoms with Gasteiger partial charge in [0.05, 0.1) is 22.1 Å². The summed E-state index contributed by atoms with van der Waals surface area (Å²) in [5.74, 6) is 0.457. The number of benzene rings is 7. The molecule has 4 heteroatoms. The van der Waals surface area contributed by atoms with E-state index in [0.717, 1.165) is 47.7 Å². The fraction of sp³-hybridized carbons (Fsp3) is 0.123. The number of fused-ring (bicyclic) bond motifs is 7. The van der Waals surface area contributed by atoms with Crippen LogP contribution in [-0.4, -0.2) is 13.7 Å². The van der Waals surface area contributed by atoms with Gasteiger partial charge in [-0.2, -0.15) is 0 Å². The quantitative estimate of drug-likeness (QED) is 0.142. The van der Waals surface area contributed by atoms with E-state index in [1.165, 1.54) is 71.8 Å². The first-order chi connectivity index (χ1) is 30.1. The first kappa shape index (κ1) is 36.8. The summed E-state index contributed by atoms with van der Waals surface area (Å²) in [4.78, 5) is 2.39. The zero-order valence-corrected chi connectivity index (χ0v) is 35.0. The molecule has 4 nitrogen and oxygen atoms in total. The van der Waals surface area contributed by atoms with Gasteiger partial charge in [0, 0.05) is 72.6 Å². The SMILES string of the molecule is CCc1c(C=CC(C)C)n(-c2ccc(N(c3ccc(-n4c5c(c6ccccc64)C=CCC5)cc3)c3ccc(-n4c5ccccc5c5ccccc54)cc3)cc2)c2ccccc12. The van der Waals surface area contributed by atoms with Gasteiger partial charge in [0.15, 0.2) is 0 Å². The van der Waals surface area contributed by atoms with Crippen LogP contribution in [0.1, 0.15) is 49.7 Å². The van der Waals surface area contributed by atoms with Gasteiger partial charge in [-0.25, -0.2) is 0 Å². The minimum atomic E-state index is 0.457. The van der Waals surface area contributed by atoms with E-state index in [-0.39, 0.29) is 0 Å². The summed E-state index contributed by atoms with van der Waals surface area (Å²) < 4.78 is 7.29. The van der Waals surface area contributed by atoms with Crippen LogP contribution in [0, 0.1) is 5.92 Å². The molecule has 0 unspecified atom stereocenters. The molecule has 0 atom stereocenters. The van der Waals surface area contributed by atoms with E-state index in [2.05, 4.69) is 234 Å². The van der Waals surface area contributed by atoms with Crippen molar-refractivity contribution in [3.05, 3.63) is 205 Å². The summed E-state index contributed by atoms with van der Waals surface area (Å²) >= 11 is 0. The molecule has 296 valence electrons. The van der Waals surface area contributed by atoms with Gasteiger partial charge in [0.1, 0.15) is 0 Å². The largest absolute Gasteiger partial charge is 0.313 e. The molecular weight excluding hydrogens is 741 g/mol. The summed E-state index contributed by atoms with van der Waals surface area (Å²) in [6.45, 7) is 6.75. The molecule has 0 N–H and O–H groups in total. The third-order valence-electron chi connectivity index (χ3n) is 12.5. The Morgan fingerprint density at radius 1 is 0.508 bits per heavy atom. The molecule has 0 saturated heterocycles. The Kier molecular flexibility index (Phi) is 9.08. The fourth-order valence-electron chi connectivity index (χ4n) is 9.80. The normalized spacial score (nSPS) is 12.8. The summed E-state index contributed by atoms with van der Waals surface area (Å²) in [6, 6.07) is 62.4. The molecule has 0 fully saturated rings. The van der Waals surface area contributed by atoms with E-state index in [1.54, 1.807) is 0 Å². The smallest absolute Gasteiger partial charge is 0.0541 e. The van der Waals surface area contributed by atoms with Gasteiger partial charge in [0.2, 0.25) is 0 Å². The molecule has 0 amide bonds. The van der Waals surface area contributed by atoms with Crippen molar-refractivity contribution in [1.82, 2.24) is 13.7 Å². The molecule has 3 aromatic heterocycles. The zero-order chi connectivity index (χ0) is 41.0. The lowest BCUT2D eigenvalue weighted by molar-refractivity contribution is 0.835. The van der Waals surface area contributed by atoms with E-state index in [9.17, 15) is 0 Å². The predicted octanol–water partition coefficient (Wildman–Crippen LogP) is 15.3. The lowest BCUT2D eigenvalue weighted by Crippen LogP contribution is -2.11. The summed E-state index contributed by atoms with van der Waals surface area (Å²) in [7, 11) is 0. The number of allylic oxidation sites excluding steroid dienone is 2. The van der Waals surface area contributed by atoms with Crippen LogP contribution in [0.2, 0.25) is 0 Å². The lowest BCUT2D eigenvalue weighted by Gasteiger charge is -2.26. The van der Waals surface area contributed by atoms with Crippen LogP contribution in [0.4, 0.5) is 17.1 Å². The minimum absolute atomic E-state index is 0.457. The molecular formula is C57H48N4. The van der Waals surface area contributed by atoms with Crippen molar-refractivity contribution in [3.8, 4) is 17.1 Å². The van der Waals surface area contributed by atoms with Crippen molar-refractivity contribution in [3.63, 3.8) is 0 Å². The van der Waals surface area contributed by atoms with Gasteiger partial charge in [0.25, 0.3) is 0 Å². The Labute approximate surface area is 357 Å². The van der Waals surface area contributed by atoms with Crippen LogP contribution < -0.4 is 4.90 Å².